The van der Waals surface area contributed by atoms with Crippen molar-refractivity contribution in [3.63, 3.8) is 0 Å². The Hall–Kier alpha value is -2.13. The maximum absolute atomic E-state index is 12.9. The van der Waals surface area contributed by atoms with Gasteiger partial charge in [0.05, 0.1) is 5.39 Å². The minimum Gasteiger partial charge on any atom is -0.456 e. The van der Waals surface area contributed by atoms with Crippen LogP contribution in [0.5, 0.6) is 0 Å². The van der Waals surface area contributed by atoms with Crippen molar-refractivity contribution in [3.05, 3.63) is 69.6 Å². The molecule has 1 heterocycles. The minimum absolute atomic E-state index is 0.155. The van der Waals surface area contributed by atoms with Crippen LogP contribution in [0.25, 0.3) is 22.3 Å². The van der Waals surface area contributed by atoms with E-state index in [1.54, 1.807) is 30.3 Å². The Morgan fingerprint density at radius 3 is 2.47 bits per heavy atom. The van der Waals surface area contributed by atoms with Crippen molar-refractivity contribution in [1.82, 2.24) is 0 Å². The maximum Gasteiger partial charge on any atom is 0.193 e. The van der Waals surface area contributed by atoms with Gasteiger partial charge in [-0.05, 0) is 36.4 Å². The molecule has 4 heteroatoms. The van der Waals surface area contributed by atoms with Crippen LogP contribution in [0.2, 0.25) is 5.02 Å². The fourth-order valence-electron chi connectivity index (χ4n) is 1.89. The van der Waals surface area contributed by atoms with Gasteiger partial charge in [-0.1, -0.05) is 11.6 Å². The van der Waals surface area contributed by atoms with E-state index in [-0.39, 0.29) is 11.2 Å². The van der Waals surface area contributed by atoms with Gasteiger partial charge in [0, 0.05) is 22.7 Å². The van der Waals surface area contributed by atoms with Gasteiger partial charge in [-0.2, -0.15) is 0 Å². The van der Waals surface area contributed by atoms with Crippen LogP contribution in [0.1, 0.15) is 0 Å². The lowest BCUT2D eigenvalue weighted by atomic mass is 10.1. The van der Waals surface area contributed by atoms with Gasteiger partial charge in [0.1, 0.15) is 17.2 Å². The fraction of sp³-hybridized carbons (Fsp3) is 0. The summed E-state index contributed by atoms with van der Waals surface area (Å²) < 4.78 is 18.5. The molecule has 0 radical (unpaired) electrons. The Bertz CT molecular complexity index is 806. The molecule has 0 aliphatic rings. The van der Waals surface area contributed by atoms with Crippen molar-refractivity contribution in [2.24, 2.45) is 0 Å². The zero-order valence-electron chi connectivity index (χ0n) is 9.69. The highest BCUT2D eigenvalue weighted by molar-refractivity contribution is 6.31. The molecule has 2 nitrogen and oxygen atoms in total. The first-order valence-corrected chi connectivity index (χ1v) is 6.01. The highest BCUT2D eigenvalue weighted by Crippen LogP contribution is 2.24. The number of benzene rings is 2. The molecule has 0 fully saturated rings. The van der Waals surface area contributed by atoms with Gasteiger partial charge in [-0.25, -0.2) is 4.39 Å². The van der Waals surface area contributed by atoms with E-state index in [1.165, 1.54) is 18.2 Å². The second kappa shape index (κ2) is 4.52. The van der Waals surface area contributed by atoms with E-state index in [2.05, 4.69) is 0 Å². The number of halogens is 2. The first-order chi connectivity index (χ1) is 9.13. The molecule has 94 valence electrons. The molecule has 0 N–H and O–H groups in total. The highest BCUT2D eigenvalue weighted by Gasteiger charge is 2.07. The number of hydrogen-bond donors (Lipinski definition) is 0. The topological polar surface area (TPSA) is 30.2 Å². The number of fused-ring (bicyclic) bond motifs is 1. The standard InChI is InChI=1S/C15H8ClFO2/c16-10-3-6-12-13(18)8-14(19-15(12)7-10)9-1-4-11(17)5-2-9/h1-8H. The Balaban J connectivity index is 2.25. The molecule has 0 amide bonds. The van der Waals surface area contributed by atoms with Gasteiger partial charge in [-0.15, -0.1) is 0 Å². The van der Waals surface area contributed by atoms with E-state index in [0.717, 1.165) is 0 Å². The molecule has 0 saturated carbocycles. The van der Waals surface area contributed by atoms with Crippen LogP contribution in [0.15, 0.2) is 57.7 Å². The highest BCUT2D eigenvalue weighted by atomic mass is 35.5. The molecule has 0 unspecified atom stereocenters. The molecule has 19 heavy (non-hydrogen) atoms. The zero-order chi connectivity index (χ0) is 13.4. The number of hydrogen-bond acceptors (Lipinski definition) is 2. The average Bonchev–Trinajstić information content (AvgIpc) is 2.38. The molecular weight excluding hydrogens is 267 g/mol. The summed E-state index contributed by atoms with van der Waals surface area (Å²) in [5.41, 5.74) is 0.900. The SMILES string of the molecule is O=c1cc(-c2ccc(F)cc2)oc2cc(Cl)ccc12. The van der Waals surface area contributed by atoms with E-state index >= 15 is 0 Å². The predicted octanol–water partition coefficient (Wildman–Crippen LogP) is 4.25. The van der Waals surface area contributed by atoms with Crippen molar-refractivity contribution in [3.8, 4) is 11.3 Å². The summed E-state index contributed by atoms with van der Waals surface area (Å²) in [6, 6.07) is 12.0. The maximum atomic E-state index is 12.9. The smallest absolute Gasteiger partial charge is 0.193 e. The van der Waals surface area contributed by atoms with E-state index in [0.29, 0.717) is 27.3 Å². The van der Waals surface area contributed by atoms with Crippen molar-refractivity contribution in [2.45, 2.75) is 0 Å². The summed E-state index contributed by atoms with van der Waals surface area (Å²) in [6.07, 6.45) is 0. The fourth-order valence-corrected chi connectivity index (χ4v) is 2.05. The van der Waals surface area contributed by atoms with E-state index in [1.807, 2.05) is 0 Å². The van der Waals surface area contributed by atoms with Crippen molar-refractivity contribution in [1.29, 1.82) is 0 Å². The summed E-state index contributed by atoms with van der Waals surface area (Å²) in [7, 11) is 0. The summed E-state index contributed by atoms with van der Waals surface area (Å²) in [5.74, 6) is 0.0506. The zero-order valence-corrected chi connectivity index (χ0v) is 10.4. The molecule has 0 aliphatic heterocycles. The first-order valence-electron chi connectivity index (χ1n) is 5.63. The lowest BCUT2D eigenvalue weighted by Crippen LogP contribution is -2.00. The lowest BCUT2D eigenvalue weighted by Gasteiger charge is -2.03. The third-order valence-electron chi connectivity index (χ3n) is 2.82. The summed E-state index contributed by atoms with van der Waals surface area (Å²) in [5, 5.41) is 0.960. The minimum atomic E-state index is -0.338. The molecule has 2 aromatic carbocycles. The van der Waals surface area contributed by atoms with Crippen LogP contribution in [-0.2, 0) is 0 Å². The first kappa shape index (κ1) is 11.9. The summed E-state index contributed by atoms with van der Waals surface area (Å²) >= 11 is 5.88. The molecule has 0 bridgehead atoms. The third-order valence-corrected chi connectivity index (χ3v) is 3.06. The molecule has 1 aromatic heterocycles. The van der Waals surface area contributed by atoms with Crippen molar-refractivity contribution < 1.29 is 8.81 Å². The molecule has 3 aromatic rings. The van der Waals surface area contributed by atoms with Crippen molar-refractivity contribution >= 4 is 22.6 Å². The lowest BCUT2D eigenvalue weighted by molar-refractivity contribution is 0.615. The number of rotatable bonds is 1. The molecule has 0 atom stereocenters. The summed E-state index contributed by atoms with van der Waals surface area (Å²) in [6.45, 7) is 0. The van der Waals surface area contributed by atoms with Gasteiger partial charge in [0.15, 0.2) is 5.43 Å². The molecule has 0 aliphatic carbocycles. The Morgan fingerprint density at radius 2 is 1.74 bits per heavy atom. The van der Waals surface area contributed by atoms with Gasteiger partial charge in [-0.3, -0.25) is 4.79 Å². The van der Waals surface area contributed by atoms with Gasteiger partial charge in [0.2, 0.25) is 0 Å². The quantitative estimate of drug-likeness (QED) is 0.664. The van der Waals surface area contributed by atoms with Crippen LogP contribution >= 0.6 is 11.6 Å². The normalized spacial score (nSPS) is 10.8. The third kappa shape index (κ3) is 2.25. The van der Waals surface area contributed by atoms with Crippen LogP contribution in [0.4, 0.5) is 4.39 Å². The molecular formula is C15H8ClFO2. The van der Waals surface area contributed by atoms with Crippen LogP contribution in [-0.4, -0.2) is 0 Å². The van der Waals surface area contributed by atoms with Crippen LogP contribution < -0.4 is 5.43 Å². The second-order valence-corrected chi connectivity index (χ2v) is 4.56. The van der Waals surface area contributed by atoms with Gasteiger partial charge >= 0.3 is 0 Å². The second-order valence-electron chi connectivity index (χ2n) is 4.12. The van der Waals surface area contributed by atoms with Crippen LogP contribution in [0.3, 0.4) is 0 Å². The van der Waals surface area contributed by atoms with Gasteiger partial charge < -0.3 is 4.42 Å². The largest absolute Gasteiger partial charge is 0.456 e. The molecule has 0 spiro atoms. The monoisotopic (exact) mass is 274 g/mol. The predicted molar refractivity (Wildman–Crippen MR) is 72.9 cm³/mol. The van der Waals surface area contributed by atoms with Gasteiger partial charge in [0.25, 0.3) is 0 Å². The van der Waals surface area contributed by atoms with Crippen LogP contribution in [0, 0.1) is 5.82 Å². The Morgan fingerprint density at radius 1 is 1.00 bits per heavy atom. The Kier molecular flexibility index (Phi) is 2.84. The molecule has 3 rings (SSSR count). The molecule has 0 saturated heterocycles. The van der Waals surface area contributed by atoms with E-state index < -0.39 is 0 Å². The van der Waals surface area contributed by atoms with E-state index in [4.69, 9.17) is 16.0 Å². The van der Waals surface area contributed by atoms with Crippen molar-refractivity contribution in [2.75, 3.05) is 0 Å². The summed E-state index contributed by atoms with van der Waals surface area (Å²) in [4.78, 5) is 12.0. The van der Waals surface area contributed by atoms with E-state index in [9.17, 15) is 9.18 Å². The Labute approximate surface area is 113 Å². The average molecular weight is 275 g/mol.